The number of nitrogens with two attached hydrogens (primary N) is 1. The molecule has 0 aliphatic carbocycles. The van der Waals surface area contributed by atoms with Crippen LogP contribution in [0.2, 0.25) is 5.02 Å². The molecule has 1 atom stereocenters. The summed E-state index contributed by atoms with van der Waals surface area (Å²) >= 11 is 7.80. The van der Waals surface area contributed by atoms with E-state index < -0.39 is 15.6 Å². The molecule has 0 radical (unpaired) electrons. The van der Waals surface area contributed by atoms with Gasteiger partial charge in [0.1, 0.15) is 16.5 Å². The second-order valence-corrected chi connectivity index (χ2v) is 19.2. The molecule has 1 amide bonds. The van der Waals surface area contributed by atoms with Gasteiger partial charge in [-0.2, -0.15) is 4.31 Å². The molecule has 306 valence electrons. The summed E-state index contributed by atoms with van der Waals surface area (Å²) in [6, 6.07) is 19.7. The van der Waals surface area contributed by atoms with Gasteiger partial charge in [0.05, 0.1) is 22.0 Å². The number of benzene rings is 3. The first-order chi connectivity index (χ1) is 28.4. The molecule has 2 fully saturated rings. The van der Waals surface area contributed by atoms with Gasteiger partial charge in [-0.25, -0.2) is 8.42 Å². The van der Waals surface area contributed by atoms with Crippen LogP contribution in [0.3, 0.4) is 0 Å². The normalized spacial score (nSPS) is 18.3. The van der Waals surface area contributed by atoms with Crippen LogP contribution in [0.4, 0.5) is 17.1 Å². The minimum atomic E-state index is -3.74. The number of amides is 1. The fraction of sp³-hybridized carbons (Fsp3) is 0.318. The number of halogens is 1. The molecule has 4 N–H and O–H groups in total. The van der Waals surface area contributed by atoms with E-state index in [1.54, 1.807) is 16.6 Å². The molecule has 0 bridgehead atoms. The van der Waals surface area contributed by atoms with Crippen LogP contribution in [0.15, 0.2) is 73.1 Å². The van der Waals surface area contributed by atoms with Gasteiger partial charge in [-0.15, -0.1) is 11.3 Å². The topological polar surface area (TPSA) is 164 Å². The van der Waals surface area contributed by atoms with E-state index in [-0.39, 0.29) is 35.1 Å². The Morgan fingerprint density at radius 1 is 1.07 bits per heavy atom. The number of carbonyl (C=O) groups excluding carboxylic acids is 3. The summed E-state index contributed by atoms with van der Waals surface area (Å²) in [5.41, 5.74) is 11.7. The second kappa shape index (κ2) is 16.4. The molecule has 1 unspecified atom stereocenters. The monoisotopic (exact) mass is 852 g/mol. The third-order valence-electron chi connectivity index (χ3n) is 11.6. The number of pyridine rings is 1. The standard InChI is InChI=1S/C44H45ClN6O6S2/c1-44(2)23-31(48-30-6-3-5-29(22-30)42-40(45)41(57-20-19-52)38(25-53)58-42)14-18-51(44)59(55,56)26-27-21-37(35(11-15-46)47-24-27)50-16-12-28(13-17-50)32-9-10-36-39-33(32)7-4-8-34(39)43(54)49-36/h3-11,15,19,21-22,24-25,28,31,48H,12-14,16-18,20,23,26,46H2,1-2H3,(H,49,54)/b15-11-. The number of aldehydes is 2. The number of rotatable bonds is 13. The number of piperidine rings is 2. The van der Waals surface area contributed by atoms with Crippen LogP contribution < -0.4 is 26.0 Å². The highest BCUT2D eigenvalue weighted by atomic mass is 35.5. The van der Waals surface area contributed by atoms with Crippen LogP contribution in [0, 0.1) is 0 Å². The molecule has 2 saturated heterocycles. The number of ether oxygens (including phenoxy) is 1. The zero-order valence-electron chi connectivity index (χ0n) is 32.7. The maximum atomic E-state index is 14.2. The molecule has 15 heteroatoms. The maximum Gasteiger partial charge on any atom is 0.256 e. The smallest absolute Gasteiger partial charge is 0.256 e. The zero-order valence-corrected chi connectivity index (χ0v) is 35.1. The number of thiophene rings is 1. The van der Waals surface area contributed by atoms with E-state index >= 15 is 0 Å². The van der Waals surface area contributed by atoms with E-state index in [1.165, 1.54) is 23.1 Å². The van der Waals surface area contributed by atoms with Gasteiger partial charge in [0, 0.05) is 59.7 Å². The van der Waals surface area contributed by atoms with E-state index in [2.05, 4.69) is 27.7 Å². The molecule has 59 heavy (non-hydrogen) atoms. The van der Waals surface area contributed by atoms with E-state index in [4.69, 9.17) is 27.1 Å². The predicted molar refractivity (Wildman–Crippen MR) is 235 cm³/mol. The number of sulfonamides is 1. The third kappa shape index (κ3) is 7.94. The fourth-order valence-corrected chi connectivity index (χ4v) is 12.3. The summed E-state index contributed by atoms with van der Waals surface area (Å²) in [7, 11) is -3.74. The Hall–Kier alpha value is -5.28. The Morgan fingerprint density at radius 3 is 2.61 bits per heavy atom. The molecule has 5 heterocycles. The Morgan fingerprint density at radius 2 is 1.86 bits per heavy atom. The molecule has 2 aromatic heterocycles. The Kier molecular flexibility index (Phi) is 11.3. The minimum absolute atomic E-state index is 0.00882. The SMILES string of the molecule is CC1(C)CC(Nc2cccc(-c3sc(C=O)c(OCC=O)c3Cl)c2)CCN1S(=O)(=O)Cc1cnc(/C=C\N)c(N2CCC(c3ccc4c5c(cccc35)C(=O)N4)CC2)c1. The summed E-state index contributed by atoms with van der Waals surface area (Å²) in [4.78, 5) is 43.0. The third-order valence-corrected chi connectivity index (χ3v) is 15.2. The van der Waals surface area contributed by atoms with Crippen molar-refractivity contribution in [2.45, 2.75) is 62.8 Å². The zero-order chi connectivity index (χ0) is 41.5. The number of hydrogen-bond acceptors (Lipinski definition) is 11. The van der Waals surface area contributed by atoms with Crippen LogP contribution in [0.25, 0.3) is 27.3 Å². The highest BCUT2D eigenvalue weighted by Gasteiger charge is 2.42. The number of hydrogen-bond donors (Lipinski definition) is 3. The van der Waals surface area contributed by atoms with Crippen LogP contribution in [-0.2, 0) is 20.6 Å². The van der Waals surface area contributed by atoms with Gasteiger partial charge in [0.25, 0.3) is 5.91 Å². The lowest BCUT2D eigenvalue weighted by molar-refractivity contribution is -0.109. The van der Waals surface area contributed by atoms with Crippen molar-refractivity contribution < 1.29 is 27.5 Å². The maximum absolute atomic E-state index is 14.2. The molecule has 0 spiro atoms. The molecular weight excluding hydrogens is 808 g/mol. The Labute approximate surface area is 352 Å². The lowest BCUT2D eigenvalue weighted by Crippen LogP contribution is -2.55. The molecule has 8 rings (SSSR count). The van der Waals surface area contributed by atoms with Crippen molar-refractivity contribution in [3.8, 4) is 16.2 Å². The highest BCUT2D eigenvalue weighted by Crippen LogP contribution is 2.46. The summed E-state index contributed by atoms with van der Waals surface area (Å²) in [6.45, 7) is 5.55. The number of nitrogens with zero attached hydrogens (tertiary/aromatic N) is 3. The van der Waals surface area contributed by atoms with Gasteiger partial charge in [-0.1, -0.05) is 41.9 Å². The largest absolute Gasteiger partial charge is 0.483 e. The van der Waals surface area contributed by atoms with Gasteiger partial charge in [-0.05, 0) is 110 Å². The molecule has 3 aromatic carbocycles. The van der Waals surface area contributed by atoms with Crippen molar-refractivity contribution in [1.82, 2.24) is 9.29 Å². The van der Waals surface area contributed by atoms with Crippen LogP contribution >= 0.6 is 22.9 Å². The lowest BCUT2D eigenvalue weighted by Gasteiger charge is -2.45. The molecule has 0 saturated carbocycles. The first-order valence-corrected chi connectivity index (χ1v) is 22.4. The second-order valence-electron chi connectivity index (χ2n) is 15.8. The van der Waals surface area contributed by atoms with Crippen molar-refractivity contribution in [2.75, 3.05) is 41.8 Å². The van der Waals surface area contributed by atoms with E-state index in [0.29, 0.717) is 58.9 Å². The van der Waals surface area contributed by atoms with E-state index in [0.717, 1.165) is 64.9 Å². The molecule has 5 aromatic rings. The quantitative estimate of drug-likeness (QED) is 0.0988. The predicted octanol–water partition coefficient (Wildman–Crippen LogP) is 8.07. The van der Waals surface area contributed by atoms with Crippen molar-refractivity contribution in [3.63, 3.8) is 0 Å². The minimum Gasteiger partial charge on any atom is -0.483 e. The fourth-order valence-electron chi connectivity index (χ4n) is 8.98. The summed E-state index contributed by atoms with van der Waals surface area (Å²) < 4.78 is 35.5. The molecular formula is C44H45ClN6O6S2. The number of aromatic nitrogens is 1. The van der Waals surface area contributed by atoms with Gasteiger partial charge >= 0.3 is 0 Å². The summed E-state index contributed by atoms with van der Waals surface area (Å²) in [5, 5.41) is 8.96. The van der Waals surface area contributed by atoms with Crippen molar-refractivity contribution >= 4 is 85.4 Å². The average Bonchev–Trinajstić information content (AvgIpc) is 3.72. The Bertz CT molecular complexity index is 2600. The highest BCUT2D eigenvalue weighted by molar-refractivity contribution is 7.88. The van der Waals surface area contributed by atoms with Crippen molar-refractivity contribution in [3.05, 3.63) is 105 Å². The van der Waals surface area contributed by atoms with Crippen molar-refractivity contribution in [1.29, 1.82) is 0 Å². The Balaban J connectivity index is 0.941. The summed E-state index contributed by atoms with van der Waals surface area (Å²) in [6.07, 6.45) is 9.05. The molecule has 3 aliphatic heterocycles. The van der Waals surface area contributed by atoms with Crippen LogP contribution in [0.1, 0.15) is 82.3 Å². The number of carbonyl (C=O) groups is 3. The first-order valence-electron chi connectivity index (χ1n) is 19.6. The summed E-state index contributed by atoms with van der Waals surface area (Å²) in [5.74, 6) is 0.254. The van der Waals surface area contributed by atoms with Gasteiger partial charge in [0.15, 0.2) is 18.3 Å². The molecule has 3 aliphatic rings. The number of nitrogens with one attached hydrogen (secondary N) is 2. The van der Waals surface area contributed by atoms with E-state index in [1.807, 2.05) is 62.4 Å². The first kappa shape index (κ1) is 40.5. The molecule has 12 nitrogen and oxygen atoms in total. The van der Waals surface area contributed by atoms with Gasteiger partial charge in [0.2, 0.25) is 10.0 Å². The van der Waals surface area contributed by atoms with Gasteiger partial charge < -0.3 is 26.0 Å². The van der Waals surface area contributed by atoms with Crippen LogP contribution in [-0.4, -0.2) is 74.0 Å². The van der Waals surface area contributed by atoms with Gasteiger partial charge in [-0.3, -0.25) is 19.4 Å². The lowest BCUT2D eigenvalue weighted by atomic mass is 9.85. The van der Waals surface area contributed by atoms with Crippen molar-refractivity contribution in [2.24, 2.45) is 5.73 Å². The van der Waals surface area contributed by atoms with Crippen LogP contribution in [0.5, 0.6) is 5.75 Å². The average molecular weight is 853 g/mol. The number of anilines is 3. The van der Waals surface area contributed by atoms with E-state index in [9.17, 15) is 22.8 Å².